The maximum Gasteiger partial charge on any atom is 0.254 e. The quantitative estimate of drug-likeness (QED) is 0.836. The van der Waals surface area contributed by atoms with Crippen molar-refractivity contribution in [3.05, 3.63) is 47.9 Å². The number of nitrogens with one attached hydrogen (secondary N) is 1. The van der Waals surface area contributed by atoms with Crippen molar-refractivity contribution in [3.63, 3.8) is 0 Å². The van der Waals surface area contributed by atoms with E-state index in [1.54, 1.807) is 0 Å². The first-order valence-electron chi connectivity index (χ1n) is 5.11. The minimum atomic E-state index is -0.554. The van der Waals surface area contributed by atoms with Gasteiger partial charge in [0.1, 0.15) is 17.7 Å². The van der Waals surface area contributed by atoms with Crippen LogP contribution >= 0.6 is 0 Å². The number of para-hydroxylation sites is 1. The maximum atomic E-state index is 11.2. The number of primary amides is 1. The lowest BCUT2D eigenvalue weighted by Gasteiger charge is -2.10. The molecule has 0 aliphatic carbocycles. The summed E-state index contributed by atoms with van der Waals surface area (Å²) < 4.78 is 0. The predicted octanol–water partition coefficient (Wildman–Crippen LogP) is 1.63. The number of nitrogens with zero attached hydrogens (tertiary/aromatic N) is 2. The SMILES string of the molecule is Cc1ccccc1Nc1ncncc1C(N)=O. The van der Waals surface area contributed by atoms with Crippen LogP contribution in [0.4, 0.5) is 11.5 Å². The van der Waals surface area contributed by atoms with Gasteiger partial charge in [0, 0.05) is 11.9 Å². The van der Waals surface area contributed by atoms with E-state index in [2.05, 4.69) is 15.3 Å². The average Bonchev–Trinajstić information content (AvgIpc) is 2.32. The number of anilines is 2. The number of benzene rings is 1. The molecule has 2 rings (SSSR count). The highest BCUT2D eigenvalue weighted by Crippen LogP contribution is 2.20. The summed E-state index contributed by atoms with van der Waals surface area (Å²) in [5.74, 6) is -0.136. The van der Waals surface area contributed by atoms with E-state index in [-0.39, 0.29) is 5.56 Å². The van der Waals surface area contributed by atoms with Crippen LogP contribution in [-0.2, 0) is 0 Å². The van der Waals surface area contributed by atoms with Crippen molar-refractivity contribution in [3.8, 4) is 0 Å². The number of rotatable bonds is 3. The molecule has 0 fully saturated rings. The Hall–Kier alpha value is -2.43. The minimum absolute atomic E-state index is 0.274. The first-order chi connectivity index (χ1) is 8.18. The molecule has 0 spiro atoms. The predicted molar refractivity (Wildman–Crippen MR) is 65.0 cm³/mol. The summed E-state index contributed by atoms with van der Waals surface area (Å²) in [4.78, 5) is 19.0. The van der Waals surface area contributed by atoms with E-state index < -0.39 is 5.91 Å². The van der Waals surface area contributed by atoms with Crippen LogP contribution in [-0.4, -0.2) is 15.9 Å². The fourth-order valence-corrected chi connectivity index (χ4v) is 1.45. The second-order valence-corrected chi connectivity index (χ2v) is 3.59. The van der Waals surface area contributed by atoms with E-state index in [1.165, 1.54) is 12.5 Å². The summed E-state index contributed by atoms with van der Waals surface area (Å²) >= 11 is 0. The van der Waals surface area contributed by atoms with Gasteiger partial charge in [0.25, 0.3) is 5.91 Å². The Balaban J connectivity index is 2.37. The molecule has 0 saturated heterocycles. The van der Waals surface area contributed by atoms with Gasteiger partial charge in [-0.05, 0) is 18.6 Å². The molecule has 5 heteroatoms. The van der Waals surface area contributed by atoms with Crippen LogP contribution in [0.3, 0.4) is 0 Å². The molecule has 86 valence electrons. The molecule has 1 aromatic heterocycles. The summed E-state index contributed by atoms with van der Waals surface area (Å²) in [5, 5.41) is 3.07. The van der Waals surface area contributed by atoms with Crippen LogP contribution in [0.15, 0.2) is 36.8 Å². The molecule has 1 aromatic carbocycles. The van der Waals surface area contributed by atoms with Crippen molar-refractivity contribution < 1.29 is 4.79 Å². The van der Waals surface area contributed by atoms with E-state index >= 15 is 0 Å². The number of hydrogen-bond acceptors (Lipinski definition) is 4. The molecule has 0 atom stereocenters. The molecule has 0 bridgehead atoms. The van der Waals surface area contributed by atoms with Crippen LogP contribution < -0.4 is 11.1 Å². The molecule has 1 amide bonds. The van der Waals surface area contributed by atoms with Gasteiger partial charge in [-0.1, -0.05) is 18.2 Å². The summed E-state index contributed by atoms with van der Waals surface area (Å²) in [7, 11) is 0. The van der Waals surface area contributed by atoms with Crippen molar-refractivity contribution in [2.75, 3.05) is 5.32 Å². The van der Waals surface area contributed by atoms with Crippen molar-refractivity contribution in [1.82, 2.24) is 9.97 Å². The van der Waals surface area contributed by atoms with Gasteiger partial charge in [-0.25, -0.2) is 9.97 Å². The van der Waals surface area contributed by atoms with Gasteiger partial charge in [-0.15, -0.1) is 0 Å². The molecule has 5 nitrogen and oxygen atoms in total. The number of carbonyl (C=O) groups excluding carboxylic acids is 1. The van der Waals surface area contributed by atoms with Crippen molar-refractivity contribution in [1.29, 1.82) is 0 Å². The van der Waals surface area contributed by atoms with Crippen LogP contribution in [0, 0.1) is 6.92 Å². The number of carbonyl (C=O) groups is 1. The van der Waals surface area contributed by atoms with Gasteiger partial charge in [0.05, 0.1) is 0 Å². The van der Waals surface area contributed by atoms with Gasteiger partial charge in [0.15, 0.2) is 0 Å². The normalized spacial score (nSPS) is 9.94. The molecule has 1 heterocycles. The third kappa shape index (κ3) is 2.39. The Kier molecular flexibility index (Phi) is 3.00. The Morgan fingerprint density at radius 3 is 2.82 bits per heavy atom. The topological polar surface area (TPSA) is 80.9 Å². The van der Waals surface area contributed by atoms with Gasteiger partial charge < -0.3 is 11.1 Å². The summed E-state index contributed by atoms with van der Waals surface area (Å²) in [6.07, 6.45) is 2.77. The zero-order valence-electron chi connectivity index (χ0n) is 9.34. The molecule has 0 saturated carbocycles. The molecule has 17 heavy (non-hydrogen) atoms. The van der Waals surface area contributed by atoms with E-state index in [9.17, 15) is 4.79 Å². The number of aryl methyl sites for hydroxylation is 1. The van der Waals surface area contributed by atoms with E-state index in [0.717, 1.165) is 11.3 Å². The molecule has 3 N–H and O–H groups in total. The summed E-state index contributed by atoms with van der Waals surface area (Å²) in [6.45, 7) is 1.97. The number of aromatic nitrogens is 2. The van der Waals surface area contributed by atoms with Crippen LogP contribution in [0.25, 0.3) is 0 Å². The lowest BCUT2D eigenvalue weighted by atomic mass is 10.2. The molecule has 0 aliphatic rings. The zero-order valence-corrected chi connectivity index (χ0v) is 9.34. The molecule has 0 aliphatic heterocycles. The number of nitrogens with two attached hydrogens (primary N) is 1. The highest BCUT2D eigenvalue weighted by Gasteiger charge is 2.10. The molecule has 2 aromatic rings. The third-order valence-electron chi connectivity index (χ3n) is 2.38. The Bertz CT molecular complexity index is 554. The highest BCUT2D eigenvalue weighted by molar-refractivity contribution is 5.97. The van der Waals surface area contributed by atoms with Crippen molar-refractivity contribution in [2.45, 2.75) is 6.92 Å². The van der Waals surface area contributed by atoms with Gasteiger partial charge in [-0.3, -0.25) is 4.79 Å². The largest absolute Gasteiger partial charge is 0.365 e. The van der Waals surface area contributed by atoms with Crippen molar-refractivity contribution >= 4 is 17.4 Å². The molecular weight excluding hydrogens is 216 g/mol. The lowest BCUT2D eigenvalue weighted by molar-refractivity contribution is 0.100. The monoisotopic (exact) mass is 228 g/mol. The zero-order chi connectivity index (χ0) is 12.3. The van der Waals surface area contributed by atoms with Gasteiger partial charge >= 0.3 is 0 Å². The molecular formula is C12H12N4O. The molecule has 0 unspecified atom stereocenters. The molecule has 0 radical (unpaired) electrons. The second kappa shape index (κ2) is 4.61. The number of hydrogen-bond donors (Lipinski definition) is 2. The Morgan fingerprint density at radius 2 is 2.12 bits per heavy atom. The minimum Gasteiger partial charge on any atom is -0.365 e. The Labute approximate surface area is 98.7 Å². The van der Waals surface area contributed by atoms with E-state index in [4.69, 9.17) is 5.73 Å². The van der Waals surface area contributed by atoms with Crippen LogP contribution in [0.1, 0.15) is 15.9 Å². The second-order valence-electron chi connectivity index (χ2n) is 3.59. The first kappa shape index (κ1) is 11.1. The lowest BCUT2D eigenvalue weighted by Crippen LogP contribution is -2.14. The number of amides is 1. The highest BCUT2D eigenvalue weighted by atomic mass is 16.1. The summed E-state index contributed by atoms with van der Waals surface area (Å²) in [5.41, 5.74) is 7.46. The third-order valence-corrected chi connectivity index (χ3v) is 2.38. The fraction of sp³-hybridized carbons (Fsp3) is 0.0833. The van der Waals surface area contributed by atoms with Crippen molar-refractivity contribution in [2.24, 2.45) is 5.73 Å². The standard InChI is InChI=1S/C12H12N4O/c1-8-4-2-3-5-10(8)16-12-9(11(13)17)6-14-7-15-12/h2-7H,1H3,(H2,13,17)(H,14,15,16). The fourth-order valence-electron chi connectivity index (χ4n) is 1.45. The van der Waals surface area contributed by atoms with E-state index in [1.807, 2.05) is 31.2 Å². The average molecular weight is 228 g/mol. The van der Waals surface area contributed by atoms with Gasteiger partial charge in [-0.2, -0.15) is 0 Å². The van der Waals surface area contributed by atoms with Gasteiger partial charge in [0.2, 0.25) is 0 Å². The van der Waals surface area contributed by atoms with E-state index in [0.29, 0.717) is 5.82 Å². The summed E-state index contributed by atoms with van der Waals surface area (Å²) in [6, 6.07) is 7.71. The van der Waals surface area contributed by atoms with Crippen LogP contribution in [0.5, 0.6) is 0 Å². The maximum absolute atomic E-state index is 11.2. The van der Waals surface area contributed by atoms with Crippen LogP contribution in [0.2, 0.25) is 0 Å². The first-order valence-corrected chi connectivity index (χ1v) is 5.11. The Morgan fingerprint density at radius 1 is 1.35 bits per heavy atom. The smallest absolute Gasteiger partial charge is 0.254 e.